The number of rotatable bonds is 6. The first-order valence-electron chi connectivity index (χ1n) is 11.2. The monoisotopic (exact) mass is 512 g/mol. The van der Waals surface area contributed by atoms with Crippen LogP contribution in [0.15, 0.2) is 60.9 Å². The van der Waals surface area contributed by atoms with Gasteiger partial charge in [0.1, 0.15) is 18.7 Å². The van der Waals surface area contributed by atoms with Gasteiger partial charge in [0.05, 0.1) is 21.8 Å². The number of ketones is 1. The van der Waals surface area contributed by atoms with Crippen molar-refractivity contribution in [2.24, 2.45) is 0 Å². The molecule has 0 radical (unpaired) electrons. The van der Waals surface area contributed by atoms with Gasteiger partial charge >= 0.3 is 0 Å². The third-order valence-electron chi connectivity index (χ3n) is 6.32. The molecule has 10 heteroatoms. The summed E-state index contributed by atoms with van der Waals surface area (Å²) in [6.07, 6.45) is 3.96. The van der Waals surface area contributed by atoms with E-state index in [2.05, 4.69) is 10.4 Å². The molecule has 8 nitrogen and oxygen atoms in total. The van der Waals surface area contributed by atoms with Crippen LogP contribution in [-0.4, -0.2) is 63.6 Å². The molecule has 2 aliphatic rings. The Morgan fingerprint density at radius 2 is 1.94 bits per heavy atom. The minimum absolute atomic E-state index is 0.00549. The molecular formula is C25H22Cl2N4O4. The second-order valence-electron chi connectivity index (χ2n) is 8.56. The lowest BCUT2D eigenvalue weighted by Crippen LogP contribution is -2.53. The van der Waals surface area contributed by atoms with Crippen LogP contribution >= 0.6 is 23.2 Å². The molecule has 0 bridgehead atoms. The first kappa shape index (κ1) is 23.5. The predicted molar refractivity (Wildman–Crippen MR) is 130 cm³/mol. The van der Waals surface area contributed by atoms with Crippen molar-refractivity contribution in [3.63, 3.8) is 0 Å². The topological polar surface area (TPSA) is 93.5 Å². The Morgan fingerprint density at radius 1 is 1.14 bits per heavy atom. The fraction of sp³-hybridized carbons (Fsp3) is 0.280. The van der Waals surface area contributed by atoms with Crippen molar-refractivity contribution in [2.75, 3.05) is 13.2 Å². The van der Waals surface area contributed by atoms with Crippen LogP contribution in [0.1, 0.15) is 22.3 Å². The van der Waals surface area contributed by atoms with Crippen molar-refractivity contribution in [1.29, 1.82) is 0 Å². The summed E-state index contributed by atoms with van der Waals surface area (Å²) in [5.74, 6) is -0.848. The molecule has 1 aromatic heterocycles. The molecule has 3 atom stereocenters. The largest absolute Gasteiger partial charge is 0.368 e. The number of Topliss-reactive ketones (excluding diaryl/α,β-unsaturated/α-hetero) is 1. The van der Waals surface area contributed by atoms with Gasteiger partial charge < -0.3 is 15.0 Å². The van der Waals surface area contributed by atoms with Gasteiger partial charge in [-0.15, -0.1) is 0 Å². The van der Waals surface area contributed by atoms with Gasteiger partial charge in [-0.05, 0) is 54.4 Å². The molecule has 3 aromatic rings. The molecule has 2 fully saturated rings. The molecule has 2 amide bonds. The van der Waals surface area contributed by atoms with E-state index in [4.69, 9.17) is 27.9 Å². The van der Waals surface area contributed by atoms with Gasteiger partial charge in [0.15, 0.2) is 5.78 Å². The highest BCUT2D eigenvalue weighted by molar-refractivity contribution is 6.42. The highest BCUT2D eigenvalue weighted by Crippen LogP contribution is 2.28. The Kier molecular flexibility index (Phi) is 6.60. The summed E-state index contributed by atoms with van der Waals surface area (Å²) in [7, 11) is 0. The van der Waals surface area contributed by atoms with E-state index in [1.54, 1.807) is 59.5 Å². The molecule has 0 spiro atoms. The van der Waals surface area contributed by atoms with E-state index in [-0.39, 0.29) is 30.8 Å². The average molecular weight is 513 g/mol. The standard InChI is InChI=1S/C25H22Cl2N4O4/c26-18-7-2-15(12-19(18)27)13-20(25(34)30-11-8-22-23(30)21(32)14-35-22)29-24(33)16-3-5-17(6-4-16)31-10-1-9-28-31/h1-7,9-10,12,20,22-23H,8,11,13-14H2,(H,29,33). The van der Waals surface area contributed by atoms with Gasteiger partial charge in [-0.2, -0.15) is 5.10 Å². The van der Waals surface area contributed by atoms with E-state index < -0.39 is 18.0 Å². The molecule has 2 aliphatic heterocycles. The number of aromatic nitrogens is 2. The Morgan fingerprint density at radius 3 is 2.66 bits per heavy atom. The summed E-state index contributed by atoms with van der Waals surface area (Å²) >= 11 is 12.2. The summed E-state index contributed by atoms with van der Waals surface area (Å²) in [6.45, 7) is 0.401. The average Bonchev–Trinajstić information content (AvgIpc) is 3.61. The minimum Gasteiger partial charge on any atom is -0.368 e. The maximum absolute atomic E-state index is 13.6. The molecule has 180 valence electrons. The van der Waals surface area contributed by atoms with Gasteiger partial charge in [-0.25, -0.2) is 4.68 Å². The lowest BCUT2D eigenvalue weighted by atomic mass is 10.0. The van der Waals surface area contributed by atoms with Crippen LogP contribution in [0.4, 0.5) is 0 Å². The number of hydrogen-bond acceptors (Lipinski definition) is 5. The molecule has 2 saturated heterocycles. The number of nitrogens with one attached hydrogen (secondary N) is 1. The molecule has 3 heterocycles. The normalized spacial score (nSPS) is 20.1. The van der Waals surface area contributed by atoms with Crippen LogP contribution in [0.5, 0.6) is 0 Å². The zero-order valence-corrected chi connectivity index (χ0v) is 20.1. The third kappa shape index (κ3) is 4.82. The molecule has 0 aliphatic carbocycles. The van der Waals surface area contributed by atoms with Crippen LogP contribution < -0.4 is 5.32 Å². The number of benzene rings is 2. The maximum Gasteiger partial charge on any atom is 0.251 e. The Bertz CT molecular complexity index is 1260. The Labute approximate surface area is 211 Å². The van der Waals surface area contributed by atoms with Crippen molar-refractivity contribution in [2.45, 2.75) is 31.0 Å². The Balaban J connectivity index is 1.38. The SMILES string of the molecule is O=C(NC(Cc1ccc(Cl)c(Cl)c1)C(=O)N1CCC2OCC(=O)C21)c1ccc(-n2cccn2)cc1. The van der Waals surface area contributed by atoms with Crippen LogP contribution in [0.25, 0.3) is 5.69 Å². The van der Waals surface area contributed by atoms with Crippen molar-refractivity contribution < 1.29 is 19.1 Å². The second-order valence-corrected chi connectivity index (χ2v) is 9.37. The Hall–Kier alpha value is -3.20. The van der Waals surface area contributed by atoms with Crippen LogP contribution in [-0.2, 0) is 20.7 Å². The van der Waals surface area contributed by atoms with E-state index in [0.29, 0.717) is 28.6 Å². The molecular weight excluding hydrogens is 491 g/mol. The minimum atomic E-state index is -0.905. The van der Waals surface area contributed by atoms with E-state index in [1.807, 2.05) is 6.07 Å². The second kappa shape index (κ2) is 9.81. The smallest absolute Gasteiger partial charge is 0.251 e. The van der Waals surface area contributed by atoms with E-state index in [9.17, 15) is 14.4 Å². The fourth-order valence-corrected chi connectivity index (χ4v) is 4.89. The first-order chi connectivity index (χ1) is 16.9. The van der Waals surface area contributed by atoms with Gasteiger partial charge in [0.2, 0.25) is 5.91 Å². The lowest BCUT2D eigenvalue weighted by molar-refractivity contribution is -0.138. The number of nitrogens with zero attached hydrogens (tertiary/aromatic N) is 3. The molecule has 5 rings (SSSR count). The quantitative estimate of drug-likeness (QED) is 0.547. The molecule has 0 saturated carbocycles. The van der Waals surface area contributed by atoms with Crippen molar-refractivity contribution >= 4 is 40.8 Å². The predicted octanol–water partition coefficient (Wildman–Crippen LogP) is 3.09. The molecule has 35 heavy (non-hydrogen) atoms. The number of likely N-dealkylation sites (tertiary alicyclic amines) is 1. The highest BCUT2D eigenvalue weighted by atomic mass is 35.5. The first-order valence-corrected chi connectivity index (χ1v) is 12.0. The van der Waals surface area contributed by atoms with Crippen molar-refractivity contribution in [3.8, 4) is 5.69 Å². The van der Waals surface area contributed by atoms with Crippen LogP contribution in [0, 0.1) is 0 Å². The van der Waals surface area contributed by atoms with Crippen LogP contribution in [0.2, 0.25) is 10.0 Å². The van der Waals surface area contributed by atoms with Gasteiger partial charge in [-0.1, -0.05) is 29.3 Å². The van der Waals surface area contributed by atoms with Gasteiger partial charge in [-0.3, -0.25) is 14.4 Å². The number of fused-ring (bicyclic) bond motifs is 1. The van der Waals surface area contributed by atoms with E-state index in [0.717, 1.165) is 11.3 Å². The summed E-state index contributed by atoms with van der Waals surface area (Å²) in [6, 6.07) is 12.3. The molecule has 3 unspecified atom stereocenters. The van der Waals surface area contributed by atoms with Crippen LogP contribution in [0.3, 0.4) is 0 Å². The third-order valence-corrected chi connectivity index (χ3v) is 7.06. The fourth-order valence-electron chi connectivity index (χ4n) is 4.57. The van der Waals surface area contributed by atoms with Crippen molar-refractivity contribution in [3.05, 3.63) is 82.1 Å². The van der Waals surface area contributed by atoms with E-state index >= 15 is 0 Å². The summed E-state index contributed by atoms with van der Waals surface area (Å²) in [5, 5.41) is 7.79. The van der Waals surface area contributed by atoms with E-state index in [1.165, 1.54) is 4.90 Å². The van der Waals surface area contributed by atoms with Gasteiger partial charge in [0.25, 0.3) is 5.91 Å². The maximum atomic E-state index is 13.6. The number of halogens is 2. The molecule has 2 aromatic carbocycles. The number of ether oxygens (including phenoxy) is 1. The van der Waals surface area contributed by atoms with Crippen molar-refractivity contribution in [1.82, 2.24) is 20.0 Å². The number of hydrogen-bond donors (Lipinski definition) is 1. The van der Waals surface area contributed by atoms with Gasteiger partial charge in [0, 0.05) is 30.9 Å². The lowest BCUT2D eigenvalue weighted by Gasteiger charge is -2.27. The number of carbonyl (C=O) groups excluding carboxylic acids is 3. The summed E-state index contributed by atoms with van der Waals surface area (Å²) < 4.78 is 7.20. The number of carbonyl (C=O) groups is 3. The number of amides is 2. The highest BCUT2D eigenvalue weighted by Gasteiger charge is 2.48. The summed E-state index contributed by atoms with van der Waals surface area (Å²) in [5.41, 5.74) is 1.93. The summed E-state index contributed by atoms with van der Waals surface area (Å²) in [4.78, 5) is 40.6. The zero-order valence-electron chi connectivity index (χ0n) is 18.6. The molecule has 1 N–H and O–H groups in total. The zero-order chi connectivity index (χ0) is 24.5.